The van der Waals surface area contributed by atoms with Gasteiger partial charge in [0.25, 0.3) is 0 Å². The van der Waals surface area contributed by atoms with Gasteiger partial charge in [0, 0.05) is 6.26 Å². The second-order valence-corrected chi connectivity index (χ2v) is 7.56. The van der Waals surface area contributed by atoms with Crippen LogP contribution in [0.4, 0.5) is 0 Å². The van der Waals surface area contributed by atoms with Gasteiger partial charge in [0.05, 0.1) is 15.5 Å². The largest absolute Gasteiger partial charge is 0.490 e. The summed E-state index contributed by atoms with van der Waals surface area (Å²) in [4.78, 5) is 11.9. The lowest BCUT2D eigenvalue weighted by Gasteiger charge is -2.10. The van der Waals surface area contributed by atoms with Crippen molar-refractivity contribution in [2.45, 2.75) is 11.8 Å². The second kappa shape index (κ2) is 7.68. The Hall–Kier alpha value is -2.05. The first-order valence-corrected chi connectivity index (χ1v) is 9.41. The molecule has 0 radical (unpaired) electrons. The molecule has 7 heteroatoms. The summed E-state index contributed by atoms with van der Waals surface area (Å²) < 4.78 is 33.9. The molecule has 0 aliphatic heterocycles. The van der Waals surface area contributed by atoms with Crippen molar-refractivity contribution in [3.05, 3.63) is 58.6 Å². The van der Waals surface area contributed by atoms with Gasteiger partial charge in [-0.05, 0) is 36.8 Å². The maximum Gasteiger partial charge on any atom is 0.338 e. The number of hydrogen-bond acceptors (Lipinski definition) is 5. The van der Waals surface area contributed by atoms with Crippen molar-refractivity contribution in [1.29, 1.82) is 0 Å². The first-order valence-electron chi connectivity index (χ1n) is 7.14. The molecule has 2 aromatic carbocycles. The summed E-state index contributed by atoms with van der Waals surface area (Å²) in [6, 6.07) is 11.5. The zero-order chi connectivity index (χ0) is 17.7. The lowest BCUT2D eigenvalue weighted by Crippen LogP contribution is -2.13. The topological polar surface area (TPSA) is 69.7 Å². The first kappa shape index (κ1) is 18.3. The quantitative estimate of drug-likeness (QED) is 0.578. The van der Waals surface area contributed by atoms with E-state index in [4.69, 9.17) is 21.1 Å². The monoisotopic (exact) mass is 368 g/mol. The SMILES string of the molecule is Cc1ccccc1OCCOC(=O)c1ccc(Cl)c(S(C)(=O)=O)c1. The van der Waals surface area contributed by atoms with Crippen molar-refractivity contribution in [2.24, 2.45) is 0 Å². The lowest BCUT2D eigenvalue weighted by atomic mass is 10.2. The smallest absolute Gasteiger partial charge is 0.338 e. The minimum absolute atomic E-state index is 0.0456. The Bertz CT molecular complexity index is 846. The molecule has 24 heavy (non-hydrogen) atoms. The summed E-state index contributed by atoms with van der Waals surface area (Å²) in [5, 5.41) is 0.0666. The van der Waals surface area contributed by atoms with E-state index in [-0.39, 0.29) is 28.7 Å². The Balaban J connectivity index is 1.95. The van der Waals surface area contributed by atoms with Crippen LogP contribution in [-0.4, -0.2) is 33.9 Å². The summed E-state index contributed by atoms with van der Waals surface area (Å²) in [6.45, 7) is 2.16. The van der Waals surface area contributed by atoms with Gasteiger partial charge in [0.2, 0.25) is 0 Å². The van der Waals surface area contributed by atoms with E-state index in [1.54, 1.807) is 0 Å². The number of esters is 1. The number of rotatable bonds is 6. The van der Waals surface area contributed by atoms with E-state index in [0.29, 0.717) is 0 Å². The molecule has 0 aliphatic rings. The van der Waals surface area contributed by atoms with Crippen molar-refractivity contribution >= 4 is 27.4 Å². The molecule has 5 nitrogen and oxygen atoms in total. The van der Waals surface area contributed by atoms with Crippen LogP contribution in [0.5, 0.6) is 5.75 Å². The molecule has 0 N–H and O–H groups in total. The Labute approximate surface area is 146 Å². The molecule has 0 unspecified atom stereocenters. The number of para-hydroxylation sites is 1. The van der Waals surface area contributed by atoms with E-state index in [1.165, 1.54) is 18.2 Å². The van der Waals surface area contributed by atoms with Crippen LogP contribution >= 0.6 is 11.6 Å². The van der Waals surface area contributed by atoms with Crippen LogP contribution in [0.1, 0.15) is 15.9 Å². The summed E-state index contributed by atoms with van der Waals surface area (Å²) in [7, 11) is -3.52. The third kappa shape index (κ3) is 4.72. The molecule has 128 valence electrons. The number of benzene rings is 2. The predicted octanol–water partition coefficient (Wildman–Crippen LogP) is 3.29. The second-order valence-electron chi connectivity index (χ2n) is 5.17. The van der Waals surface area contributed by atoms with Crippen LogP contribution in [0.15, 0.2) is 47.4 Å². The van der Waals surface area contributed by atoms with Gasteiger partial charge in [0.15, 0.2) is 9.84 Å². The Morgan fingerprint density at radius 1 is 1.12 bits per heavy atom. The fourth-order valence-corrected chi connectivity index (χ4v) is 3.30. The minimum Gasteiger partial charge on any atom is -0.490 e. The van der Waals surface area contributed by atoms with Crippen LogP contribution in [-0.2, 0) is 14.6 Å². The number of carbonyl (C=O) groups excluding carboxylic acids is 1. The molecule has 0 saturated carbocycles. The van der Waals surface area contributed by atoms with E-state index in [9.17, 15) is 13.2 Å². The molecule has 0 saturated heterocycles. The van der Waals surface area contributed by atoms with Crippen LogP contribution in [0.25, 0.3) is 0 Å². The average Bonchev–Trinajstić information content (AvgIpc) is 2.52. The first-order chi connectivity index (χ1) is 11.3. The minimum atomic E-state index is -3.52. The predicted molar refractivity (Wildman–Crippen MR) is 91.5 cm³/mol. The molecule has 2 rings (SSSR count). The van der Waals surface area contributed by atoms with Crippen LogP contribution < -0.4 is 4.74 Å². The van der Waals surface area contributed by atoms with Gasteiger partial charge in [-0.2, -0.15) is 0 Å². The molecule has 0 heterocycles. The molecule has 0 aromatic heterocycles. The molecule has 0 fully saturated rings. The molecule has 0 bridgehead atoms. The van der Waals surface area contributed by atoms with Crippen LogP contribution in [0.3, 0.4) is 0 Å². The number of hydrogen-bond donors (Lipinski definition) is 0. The van der Waals surface area contributed by atoms with Gasteiger partial charge in [-0.15, -0.1) is 0 Å². The van der Waals surface area contributed by atoms with E-state index < -0.39 is 15.8 Å². The summed E-state index contributed by atoms with van der Waals surface area (Å²) in [5.74, 6) is 0.0874. The lowest BCUT2D eigenvalue weighted by molar-refractivity contribution is 0.0450. The summed E-state index contributed by atoms with van der Waals surface area (Å²) >= 11 is 5.84. The number of ether oxygens (including phenoxy) is 2. The number of sulfone groups is 1. The van der Waals surface area contributed by atoms with Gasteiger partial charge in [-0.25, -0.2) is 13.2 Å². The van der Waals surface area contributed by atoms with E-state index in [2.05, 4.69) is 0 Å². The molecular weight excluding hydrogens is 352 g/mol. The molecule has 2 aromatic rings. The third-order valence-corrected chi connectivity index (χ3v) is 4.81. The Morgan fingerprint density at radius 2 is 1.83 bits per heavy atom. The zero-order valence-electron chi connectivity index (χ0n) is 13.3. The molecule has 0 aliphatic carbocycles. The van der Waals surface area contributed by atoms with Gasteiger partial charge in [-0.3, -0.25) is 0 Å². The Morgan fingerprint density at radius 3 is 2.50 bits per heavy atom. The average molecular weight is 369 g/mol. The van der Waals surface area contributed by atoms with Crippen molar-refractivity contribution in [2.75, 3.05) is 19.5 Å². The van der Waals surface area contributed by atoms with Gasteiger partial charge in [-0.1, -0.05) is 29.8 Å². The molecule has 0 amide bonds. The van der Waals surface area contributed by atoms with Gasteiger partial charge < -0.3 is 9.47 Å². The van der Waals surface area contributed by atoms with Gasteiger partial charge in [0.1, 0.15) is 19.0 Å². The highest BCUT2D eigenvalue weighted by atomic mass is 35.5. The highest BCUT2D eigenvalue weighted by Crippen LogP contribution is 2.23. The van der Waals surface area contributed by atoms with Gasteiger partial charge >= 0.3 is 5.97 Å². The fraction of sp³-hybridized carbons (Fsp3) is 0.235. The third-order valence-electron chi connectivity index (χ3n) is 3.23. The fourth-order valence-electron chi connectivity index (χ4n) is 2.00. The van der Waals surface area contributed by atoms with Crippen molar-refractivity contribution in [3.8, 4) is 5.75 Å². The summed E-state index contributed by atoms with van der Waals surface area (Å²) in [6.07, 6.45) is 1.03. The van der Waals surface area contributed by atoms with Crippen LogP contribution in [0, 0.1) is 6.92 Å². The highest BCUT2D eigenvalue weighted by Gasteiger charge is 2.16. The standard InChI is InChI=1S/C17H17ClO5S/c1-12-5-3-4-6-15(12)22-9-10-23-17(19)13-7-8-14(18)16(11-13)24(2,20)21/h3-8,11H,9-10H2,1-2H3. The highest BCUT2D eigenvalue weighted by molar-refractivity contribution is 7.90. The maximum atomic E-state index is 12.0. The van der Waals surface area contributed by atoms with E-state index in [0.717, 1.165) is 17.6 Å². The Kier molecular flexibility index (Phi) is 5.85. The van der Waals surface area contributed by atoms with Crippen molar-refractivity contribution in [1.82, 2.24) is 0 Å². The van der Waals surface area contributed by atoms with E-state index >= 15 is 0 Å². The van der Waals surface area contributed by atoms with Crippen molar-refractivity contribution < 1.29 is 22.7 Å². The summed E-state index contributed by atoms with van der Waals surface area (Å²) in [5.41, 5.74) is 1.11. The number of aryl methyl sites for hydroxylation is 1. The number of carbonyl (C=O) groups is 1. The molecular formula is C17H17ClO5S. The van der Waals surface area contributed by atoms with Crippen LogP contribution in [0.2, 0.25) is 5.02 Å². The zero-order valence-corrected chi connectivity index (χ0v) is 14.9. The van der Waals surface area contributed by atoms with E-state index in [1.807, 2.05) is 31.2 Å². The normalized spacial score (nSPS) is 11.1. The molecule has 0 spiro atoms. The van der Waals surface area contributed by atoms with Crippen molar-refractivity contribution in [3.63, 3.8) is 0 Å². The molecule has 0 atom stereocenters. The number of halogens is 1. The maximum absolute atomic E-state index is 12.0.